The first-order valence-corrected chi connectivity index (χ1v) is 10.6. The first kappa shape index (κ1) is 17.3. The zero-order chi connectivity index (χ0) is 19.3. The van der Waals surface area contributed by atoms with Crippen LogP contribution in [0, 0.1) is 24.2 Å². The van der Waals surface area contributed by atoms with Crippen molar-refractivity contribution >= 4 is 21.4 Å². The number of nitriles is 1. The molecular weight excluding hydrogens is 362 g/mol. The molecule has 0 N–H and O–H groups in total. The van der Waals surface area contributed by atoms with Crippen LogP contribution < -0.4 is 0 Å². The second-order valence-electron chi connectivity index (χ2n) is 7.80. The van der Waals surface area contributed by atoms with E-state index in [-0.39, 0.29) is 0 Å². The minimum atomic E-state index is 0.678. The van der Waals surface area contributed by atoms with Gasteiger partial charge in [-0.3, -0.25) is 0 Å². The third-order valence-corrected chi connectivity index (χ3v) is 7.07. The lowest BCUT2D eigenvalue weighted by atomic mass is 9.87. The summed E-state index contributed by atoms with van der Waals surface area (Å²) in [5.74, 6) is 2.85. The van der Waals surface area contributed by atoms with Crippen molar-refractivity contribution < 1.29 is 4.42 Å². The lowest BCUT2D eigenvalue weighted by Crippen LogP contribution is -2.09. The molecule has 0 aliphatic heterocycles. The largest absolute Gasteiger partial charge is 0.460 e. The molecule has 1 unspecified atom stereocenters. The molecule has 3 heteroatoms. The van der Waals surface area contributed by atoms with Gasteiger partial charge >= 0.3 is 0 Å². The molecule has 138 valence electrons. The van der Waals surface area contributed by atoms with E-state index in [4.69, 9.17) is 4.42 Å². The Labute approximate surface area is 169 Å². The minimum absolute atomic E-state index is 0.678. The smallest absolute Gasteiger partial charge is 0.139 e. The Morgan fingerprint density at radius 2 is 2.00 bits per heavy atom. The van der Waals surface area contributed by atoms with E-state index < -0.39 is 0 Å². The van der Waals surface area contributed by atoms with Crippen molar-refractivity contribution in [3.63, 3.8) is 0 Å². The minimum Gasteiger partial charge on any atom is -0.460 e. The Hall–Kier alpha value is -2.83. The van der Waals surface area contributed by atoms with Crippen LogP contribution in [0.1, 0.15) is 35.8 Å². The van der Waals surface area contributed by atoms with Gasteiger partial charge in [-0.25, -0.2) is 0 Å². The van der Waals surface area contributed by atoms with Crippen LogP contribution in [0.2, 0.25) is 0 Å². The summed E-state index contributed by atoms with van der Waals surface area (Å²) in [7, 11) is 0. The highest BCUT2D eigenvalue weighted by molar-refractivity contribution is 7.23. The van der Waals surface area contributed by atoms with E-state index in [1.165, 1.54) is 43.8 Å². The molecule has 0 fully saturated rings. The molecule has 0 saturated heterocycles. The van der Waals surface area contributed by atoms with E-state index >= 15 is 0 Å². The van der Waals surface area contributed by atoms with E-state index in [0.717, 1.165) is 24.2 Å². The van der Waals surface area contributed by atoms with Crippen molar-refractivity contribution in [3.05, 3.63) is 71.0 Å². The van der Waals surface area contributed by atoms with Crippen molar-refractivity contribution in [1.82, 2.24) is 0 Å². The van der Waals surface area contributed by atoms with Crippen LogP contribution >= 0.6 is 11.3 Å². The number of hydrogen-bond acceptors (Lipinski definition) is 3. The fourth-order valence-electron chi connectivity index (χ4n) is 4.35. The Kier molecular flexibility index (Phi) is 4.10. The van der Waals surface area contributed by atoms with Crippen LogP contribution in [0.4, 0.5) is 0 Å². The third-order valence-electron chi connectivity index (χ3n) is 5.85. The summed E-state index contributed by atoms with van der Waals surface area (Å²) in [6.07, 6.45) is 3.36. The highest BCUT2D eigenvalue weighted by Crippen LogP contribution is 2.48. The van der Waals surface area contributed by atoms with Gasteiger partial charge in [0.05, 0.1) is 11.6 Å². The van der Waals surface area contributed by atoms with E-state index in [1.54, 1.807) is 11.3 Å². The Morgan fingerprint density at radius 1 is 1.14 bits per heavy atom. The monoisotopic (exact) mass is 383 g/mol. The Balaban J connectivity index is 1.79. The molecule has 5 rings (SSSR count). The SMILES string of the molecule is Cc1c(-c2c(-c3cccc(C#N)c3)sc3ccccc23)oc2c1CCC(C)C2. The number of hydrogen-bond donors (Lipinski definition) is 0. The van der Waals surface area contributed by atoms with Crippen molar-refractivity contribution in [3.8, 4) is 27.8 Å². The zero-order valence-electron chi connectivity index (χ0n) is 16.1. The molecule has 2 heterocycles. The van der Waals surface area contributed by atoms with Crippen LogP contribution in [0.5, 0.6) is 0 Å². The molecule has 2 nitrogen and oxygen atoms in total. The molecule has 0 bridgehead atoms. The van der Waals surface area contributed by atoms with Gasteiger partial charge in [-0.05, 0) is 60.6 Å². The van der Waals surface area contributed by atoms with Gasteiger partial charge in [0.2, 0.25) is 0 Å². The van der Waals surface area contributed by atoms with Gasteiger partial charge < -0.3 is 4.42 Å². The number of rotatable bonds is 2. The van der Waals surface area contributed by atoms with Crippen LogP contribution in [0.15, 0.2) is 52.9 Å². The summed E-state index contributed by atoms with van der Waals surface area (Å²) in [6, 6.07) is 18.7. The summed E-state index contributed by atoms with van der Waals surface area (Å²) in [5, 5.41) is 10.6. The van der Waals surface area contributed by atoms with Gasteiger partial charge in [-0.15, -0.1) is 11.3 Å². The number of furan rings is 1. The van der Waals surface area contributed by atoms with Gasteiger partial charge in [0, 0.05) is 26.9 Å². The third kappa shape index (κ3) is 2.68. The molecule has 0 spiro atoms. The maximum absolute atomic E-state index is 9.35. The molecule has 1 aliphatic rings. The first-order chi connectivity index (χ1) is 13.7. The lowest BCUT2D eigenvalue weighted by molar-refractivity contribution is 0.418. The van der Waals surface area contributed by atoms with E-state index in [1.807, 2.05) is 18.2 Å². The van der Waals surface area contributed by atoms with Gasteiger partial charge in [0.1, 0.15) is 11.5 Å². The summed E-state index contributed by atoms with van der Waals surface area (Å²) in [6.45, 7) is 4.51. The number of thiophene rings is 1. The summed E-state index contributed by atoms with van der Waals surface area (Å²) in [4.78, 5) is 1.18. The lowest BCUT2D eigenvalue weighted by Gasteiger charge is -2.16. The molecule has 4 aromatic rings. The van der Waals surface area contributed by atoms with Crippen LogP contribution in [-0.2, 0) is 12.8 Å². The highest BCUT2D eigenvalue weighted by Gasteiger charge is 2.27. The molecule has 2 aromatic heterocycles. The van der Waals surface area contributed by atoms with Crippen LogP contribution in [0.3, 0.4) is 0 Å². The predicted molar refractivity (Wildman–Crippen MR) is 116 cm³/mol. The zero-order valence-corrected chi connectivity index (χ0v) is 16.9. The van der Waals surface area contributed by atoms with Crippen molar-refractivity contribution in [1.29, 1.82) is 5.26 Å². The van der Waals surface area contributed by atoms with Crippen LogP contribution in [0.25, 0.3) is 31.9 Å². The average molecular weight is 384 g/mol. The molecule has 2 aromatic carbocycles. The maximum atomic E-state index is 9.35. The summed E-state index contributed by atoms with van der Waals surface area (Å²) >= 11 is 1.78. The standard InChI is InChI=1S/C25H21NOS/c1-15-10-11-19-16(2)24(27-21(19)12-15)23-20-8-3-4-9-22(20)28-25(23)18-7-5-6-17(13-18)14-26/h3-9,13,15H,10-12H2,1-2H3. The number of fused-ring (bicyclic) bond motifs is 2. The number of benzene rings is 2. The molecule has 28 heavy (non-hydrogen) atoms. The normalized spacial score (nSPS) is 16.1. The quantitative estimate of drug-likeness (QED) is 0.369. The second kappa shape index (κ2) is 6.65. The topological polar surface area (TPSA) is 36.9 Å². The van der Waals surface area contributed by atoms with Crippen molar-refractivity contribution in [2.75, 3.05) is 0 Å². The van der Waals surface area contributed by atoms with E-state index in [2.05, 4.69) is 50.2 Å². The molecule has 1 aliphatic carbocycles. The highest BCUT2D eigenvalue weighted by atomic mass is 32.1. The van der Waals surface area contributed by atoms with Crippen molar-refractivity contribution in [2.24, 2.45) is 5.92 Å². The fraction of sp³-hybridized carbons (Fsp3) is 0.240. The molecule has 0 radical (unpaired) electrons. The maximum Gasteiger partial charge on any atom is 0.139 e. The molecule has 1 atom stereocenters. The van der Waals surface area contributed by atoms with E-state index in [0.29, 0.717) is 11.5 Å². The van der Waals surface area contributed by atoms with Crippen molar-refractivity contribution in [2.45, 2.75) is 33.1 Å². The Morgan fingerprint density at radius 3 is 2.86 bits per heavy atom. The second-order valence-corrected chi connectivity index (χ2v) is 8.85. The Bertz CT molecular complexity index is 1240. The van der Waals surface area contributed by atoms with Gasteiger partial charge in [-0.2, -0.15) is 5.26 Å². The average Bonchev–Trinajstić information content (AvgIpc) is 3.25. The fourth-order valence-corrected chi connectivity index (χ4v) is 5.55. The molecule has 0 amide bonds. The van der Waals surface area contributed by atoms with Gasteiger partial charge in [-0.1, -0.05) is 37.3 Å². The number of nitrogens with zero attached hydrogens (tertiary/aromatic N) is 1. The van der Waals surface area contributed by atoms with E-state index in [9.17, 15) is 5.26 Å². The van der Waals surface area contributed by atoms with Gasteiger partial charge in [0.25, 0.3) is 0 Å². The molecule has 0 saturated carbocycles. The first-order valence-electron chi connectivity index (χ1n) is 9.79. The molecular formula is C25H21NOS. The summed E-state index contributed by atoms with van der Waals surface area (Å²) < 4.78 is 7.77. The predicted octanol–water partition coefficient (Wildman–Crippen LogP) is 7.13. The van der Waals surface area contributed by atoms with Gasteiger partial charge in [0.15, 0.2) is 0 Å². The van der Waals surface area contributed by atoms with Crippen LogP contribution in [-0.4, -0.2) is 0 Å². The summed E-state index contributed by atoms with van der Waals surface area (Å²) in [5.41, 5.74) is 5.63.